The normalized spacial score (nSPS) is 13.9. The van der Waals surface area contributed by atoms with E-state index < -0.39 is 0 Å². The van der Waals surface area contributed by atoms with Crippen molar-refractivity contribution in [2.75, 3.05) is 6.54 Å². The lowest BCUT2D eigenvalue weighted by molar-refractivity contribution is 0.0717. The first-order valence-corrected chi connectivity index (χ1v) is 8.90. The van der Waals surface area contributed by atoms with E-state index in [1.807, 2.05) is 48.3 Å². The molecule has 0 atom stereocenters. The maximum absolute atomic E-state index is 12.9. The summed E-state index contributed by atoms with van der Waals surface area (Å²) in [6.07, 6.45) is 0.676. The van der Waals surface area contributed by atoms with Gasteiger partial charge in [0.1, 0.15) is 17.1 Å². The van der Waals surface area contributed by atoms with E-state index in [0.29, 0.717) is 37.0 Å². The average molecular weight is 350 g/mol. The van der Waals surface area contributed by atoms with Crippen molar-refractivity contribution in [2.45, 2.75) is 32.7 Å². The molecule has 1 aromatic carbocycles. The van der Waals surface area contributed by atoms with E-state index in [9.17, 15) is 4.79 Å². The van der Waals surface area contributed by atoms with E-state index in [4.69, 9.17) is 4.42 Å². The zero-order valence-corrected chi connectivity index (χ0v) is 15.3. The molecule has 0 saturated carbocycles. The maximum Gasteiger partial charge on any atom is 0.272 e. The number of aryl methyl sites for hydroxylation is 1. The minimum absolute atomic E-state index is 0.0122. The lowest BCUT2D eigenvalue weighted by Crippen LogP contribution is -2.36. The summed E-state index contributed by atoms with van der Waals surface area (Å²) in [6.45, 7) is 5.23. The van der Waals surface area contributed by atoms with Gasteiger partial charge in [-0.15, -0.1) is 0 Å². The molecule has 0 bridgehead atoms. The smallest absolute Gasteiger partial charge is 0.272 e. The van der Waals surface area contributed by atoms with Gasteiger partial charge in [0.25, 0.3) is 5.91 Å². The van der Waals surface area contributed by atoms with E-state index in [1.165, 1.54) is 0 Å². The highest BCUT2D eigenvalue weighted by atomic mass is 16.4. The zero-order chi connectivity index (χ0) is 18.3. The van der Waals surface area contributed by atoms with Crippen LogP contribution in [0.3, 0.4) is 0 Å². The number of benzene rings is 1. The number of carbonyl (C=O) groups is 1. The number of fused-ring (bicyclic) bond motifs is 1. The molecule has 0 aliphatic carbocycles. The number of rotatable bonds is 3. The molecule has 6 heteroatoms. The van der Waals surface area contributed by atoms with E-state index in [1.54, 1.807) is 4.68 Å². The number of carbonyl (C=O) groups excluding carboxylic acids is 1. The Morgan fingerprint density at radius 1 is 1.23 bits per heavy atom. The summed E-state index contributed by atoms with van der Waals surface area (Å²) >= 11 is 0. The van der Waals surface area contributed by atoms with E-state index in [2.05, 4.69) is 23.9 Å². The molecule has 0 radical (unpaired) electrons. The van der Waals surface area contributed by atoms with Gasteiger partial charge in [0.15, 0.2) is 0 Å². The third kappa shape index (κ3) is 2.92. The fourth-order valence-electron chi connectivity index (χ4n) is 3.21. The summed E-state index contributed by atoms with van der Waals surface area (Å²) in [6, 6.07) is 11.7. The first-order chi connectivity index (χ1) is 12.5. The zero-order valence-electron chi connectivity index (χ0n) is 15.3. The fourth-order valence-corrected chi connectivity index (χ4v) is 3.21. The van der Waals surface area contributed by atoms with Crippen molar-refractivity contribution in [2.24, 2.45) is 7.05 Å². The molecule has 1 aliphatic heterocycles. The average Bonchev–Trinajstić information content (AvgIpc) is 3.25. The fraction of sp³-hybridized carbons (Fsp3) is 0.350. The Hall–Kier alpha value is -2.89. The largest absolute Gasteiger partial charge is 0.441 e. The topological polar surface area (TPSA) is 64.2 Å². The molecule has 0 fully saturated rings. The second kappa shape index (κ2) is 6.44. The first kappa shape index (κ1) is 16.6. The predicted molar refractivity (Wildman–Crippen MR) is 97.7 cm³/mol. The van der Waals surface area contributed by atoms with Crippen LogP contribution < -0.4 is 0 Å². The Kier molecular flexibility index (Phi) is 4.11. The van der Waals surface area contributed by atoms with Crippen LogP contribution >= 0.6 is 0 Å². The summed E-state index contributed by atoms with van der Waals surface area (Å²) in [5, 5.41) is 4.45. The van der Waals surface area contributed by atoms with Gasteiger partial charge in [0, 0.05) is 25.6 Å². The second-order valence-corrected chi connectivity index (χ2v) is 6.96. The van der Waals surface area contributed by atoms with Crippen LogP contribution in [0, 0.1) is 0 Å². The third-order valence-corrected chi connectivity index (χ3v) is 4.74. The summed E-state index contributed by atoms with van der Waals surface area (Å²) in [5.41, 5.74) is 3.34. The van der Waals surface area contributed by atoms with Crippen molar-refractivity contribution in [3.05, 3.63) is 59.2 Å². The van der Waals surface area contributed by atoms with Crippen LogP contribution in [-0.2, 0) is 20.0 Å². The number of nitrogens with zero attached hydrogens (tertiary/aromatic N) is 4. The van der Waals surface area contributed by atoms with E-state index in [-0.39, 0.29) is 5.91 Å². The lowest BCUT2D eigenvalue weighted by Gasteiger charge is -2.25. The summed E-state index contributed by atoms with van der Waals surface area (Å²) in [5.74, 6) is 1.77. The molecule has 0 spiro atoms. The van der Waals surface area contributed by atoms with Crippen LogP contribution in [0.4, 0.5) is 0 Å². The molecule has 2 aromatic heterocycles. The van der Waals surface area contributed by atoms with Crippen LogP contribution in [0.5, 0.6) is 0 Å². The SMILES string of the molecule is CC(C)c1cc(C(=O)N2CCc3oc(-c4ccccc4)nc3C2)n(C)n1. The quantitative estimate of drug-likeness (QED) is 0.726. The van der Waals surface area contributed by atoms with Gasteiger partial charge in [0.05, 0.1) is 12.2 Å². The minimum Gasteiger partial charge on any atom is -0.441 e. The van der Waals surface area contributed by atoms with Gasteiger partial charge in [-0.3, -0.25) is 9.48 Å². The highest BCUT2D eigenvalue weighted by Gasteiger charge is 2.28. The highest BCUT2D eigenvalue weighted by molar-refractivity contribution is 5.92. The molecule has 134 valence electrons. The molecule has 3 aromatic rings. The standard InChI is InChI=1S/C20H22N4O2/c1-13(2)15-11-17(23(3)22-15)20(25)24-10-9-18-16(12-24)21-19(26-18)14-7-5-4-6-8-14/h4-8,11,13H,9-10,12H2,1-3H3. The molecule has 26 heavy (non-hydrogen) atoms. The highest BCUT2D eigenvalue weighted by Crippen LogP contribution is 2.27. The number of hydrogen-bond acceptors (Lipinski definition) is 4. The van der Waals surface area contributed by atoms with Gasteiger partial charge in [0.2, 0.25) is 5.89 Å². The number of oxazole rings is 1. The van der Waals surface area contributed by atoms with Crippen LogP contribution in [0.15, 0.2) is 40.8 Å². The van der Waals surface area contributed by atoms with Crippen LogP contribution in [0.25, 0.3) is 11.5 Å². The predicted octanol–water partition coefficient (Wildman–Crippen LogP) is 3.40. The summed E-state index contributed by atoms with van der Waals surface area (Å²) in [4.78, 5) is 19.4. The molecule has 1 aliphatic rings. The Balaban J connectivity index is 1.57. The van der Waals surface area contributed by atoms with Crippen LogP contribution in [0.1, 0.15) is 47.4 Å². The Morgan fingerprint density at radius 3 is 2.69 bits per heavy atom. The van der Waals surface area contributed by atoms with Gasteiger partial charge in [-0.2, -0.15) is 5.10 Å². The molecule has 3 heterocycles. The van der Waals surface area contributed by atoms with Crippen molar-refractivity contribution in [1.29, 1.82) is 0 Å². The monoisotopic (exact) mass is 350 g/mol. The molecular weight excluding hydrogens is 328 g/mol. The van der Waals surface area contributed by atoms with Crippen molar-refractivity contribution in [3.63, 3.8) is 0 Å². The minimum atomic E-state index is -0.0122. The van der Waals surface area contributed by atoms with Gasteiger partial charge >= 0.3 is 0 Å². The van der Waals surface area contributed by atoms with Crippen LogP contribution in [0.2, 0.25) is 0 Å². The number of hydrogen-bond donors (Lipinski definition) is 0. The Bertz CT molecular complexity index is 940. The van der Waals surface area contributed by atoms with Gasteiger partial charge in [-0.1, -0.05) is 32.0 Å². The van der Waals surface area contributed by atoms with Gasteiger partial charge in [-0.05, 0) is 24.1 Å². The summed E-state index contributed by atoms with van der Waals surface area (Å²) < 4.78 is 7.59. The first-order valence-electron chi connectivity index (χ1n) is 8.90. The molecule has 4 rings (SSSR count). The lowest BCUT2D eigenvalue weighted by atomic mass is 10.1. The summed E-state index contributed by atoms with van der Waals surface area (Å²) in [7, 11) is 1.82. The maximum atomic E-state index is 12.9. The molecule has 0 saturated heterocycles. The second-order valence-electron chi connectivity index (χ2n) is 6.96. The van der Waals surface area contributed by atoms with Crippen molar-refractivity contribution < 1.29 is 9.21 Å². The van der Waals surface area contributed by atoms with Crippen LogP contribution in [-0.4, -0.2) is 32.1 Å². The van der Waals surface area contributed by atoms with Crippen molar-refractivity contribution in [3.8, 4) is 11.5 Å². The van der Waals surface area contributed by atoms with Crippen molar-refractivity contribution >= 4 is 5.91 Å². The van der Waals surface area contributed by atoms with E-state index >= 15 is 0 Å². The molecule has 0 N–H and O–H groups in total. The van der Waals surface area contributed by atoms with Gasteiger partial charge < -0.3 is 9.32 Å². The molecule has 6 nitrogen and oxygen atoms in total. The van der Waals surface area contributed by atoms with Crippen molar-refractivity contribution in [1.82, 2.24) is 19.7 Å². The van der Waals surface area contributed by atoms with Gasteiger partial charge in [-0.25, -0.2) is 4.98 Å². The molecular formula is C20H22N4O2. The Labute approximate surface area is 152 Å². The molecule has 0 unspecified atom stereocenters. The van der Waals surface area contributed by atoms with E-state index in [0.717, 1.165) is 22.7 Å². The number of aromatic nitrogens is 3. The Morgan fingerprint density at radius 2 is 2.00 bits per heavy atom. The molecule has 1 amide bonds. The number of amides is 1. The third-order valence-electron chi connectivity index (χ3n) is 4.74.